The van der Waals surface area contributed by atoms with Crippen molar-refractivity contribution in [1.82, 2.24) is 15.2 Å². The SMILES string of the molecule is Cc1ccc(CSc2n[nH]c(NS(=O)(=O)c3c(C)cc(Br)cc3C)n2)cc1. The van der Waals surface area contributed by atoms with Gasteiger partial charge in [-0.05, 0) is 49.6 Å². The molecule has 6 nitrogen and oxygen atoms in total. The summed E-state index contributed by atoms with van der Waals surface area (Å²) in [7, 11) is -3.76. The minimum absolute atomic E-state index is 0.100. The van der Waals surface area contributed by atoms with Crippen LogP contribution < -0.4 is 4.72 Å². The summed E-state index contributed by atoms with van der Waals surface area (Å²) >= 11 is 4.81. The molecule has 0 aliphatic carbocycles. The van der Waals surface area contributed by atoms with Crippen LogP contribution in [0.1, 0.15) is 22.3 Å². The summed E-state index contributed by atoms with van der Waals surface area (Å²) in [6, 6.07) is 11.7. The number of benzene rings is 2. The smallest absolute Gasteiger partial charge is 0.248 e. The first kappa shape index (κ1) is 19.9. The topological polar surface area (TPSA) is 87.7 Å². The molecular weight excluding hydrogens is 448 g/mol. The zero-order valence-corrected chi connectivity index (χ0v) is 18.3. The van der Waals surface area contributed by atoms with Crippen LogP contribution in [-0.2, 0) is 15.8 Å². The first-order valence-corrected chi connectivity index (χ1v) is 11.4. The molecule has 0 atom stereocenters. The van der Waals surface area contributed by atoms with Crippen LogP contribution >= 0.6 is 27.7 Å². The van der Waals surface area contributed by atoms with Crippen LogP contribution in [0.15, 0.2) is 50.9 Å². The van der Waals surface area contributed by atoms with E-state index >= 15 is 0 Å². The van der Waals surface area contributed by atoms with Gasteiger partial charge in [-0.2, -0.15) is 4.98 Å². The van der Waals surface area contributed by atoms with Gasteiger partial charge < -0.3 is 0 Å². The van der Waals surface area contributed by atoms with Crippen LogP contribution in [0.25, 0.3) is 0 Å². The summed E-state index contributed by atoms with van der Waals surface area (Å²) < 4.78 is 28.8. The molecule has 3 aromatic rings. The molecule has 9 heteroatoms. The van der Waals surface area contributed by atoms with Crippen molar-refractivity contribution in [2.45, 2.75) is 36.6 Å². The number of nitrogens with one attached hydrogen (secondary N) is 2. The van der Waals surface area contributed by atoms with Gasteiger partial charge in [0.2, 0.25) is 11.1 Å². The number of aryl methyl sites for hydroxylation is 3. The van der Waals surface area contributed by atoms with E-state index in [4.69, 9.17) is 0 Å². The summed E-state index contributed by atoms with van der Waals surface area (Å²) in [4.78, 5) is 4.47. The highest BCUT2D eigenvalue weighted by Gasteiger charge is 2.21. The minimum atomic E-state index is -3.76. The number of aromatic amines is 1. The fraction of sp³-hybridized carbons (Fsp3) is 0.222. The molecule has 0 aliphatic heterocycles. The van der Waals surface area contributed by atoms with Crippen LogP contribution in [0.2, 0.25) is 0 Å². The number of hydrogen-bond donors (Lipinski definition) is 2. The van der Waals surface area contributed by atoms with E-state index < -0.39 is 10.0 Å². The molecular formula is C18H19BrN4O2S2. The van der Waals surface area contributed by atoms with Crippen molar-refractivity contribution in [3.63, 3.8) is 0 Å². The molecule has 2 N–H and O–H groups in total. The zero-order valence-electron chi connectivity index (χ0n) is 15.1. The number of H-pyrrole nitrogens is 1. The lowest BCUT2D eigenvalue weighted by Crippen LogP contribution is -2.16. The number of anilines is 1. The Balaban J connectivity index is 1.72. The Morgan fingerprint density at radius 2 is 1.74 bits per heavy atom. The number of hydrogen-bond acceptors (Lipinski definition) is 5. The van der Waals surface area contributed by atoms with E-state index in [2.05, 4.69) is 60.1 Å². The van der Waals surface area contributed by atoms with Gasteiger partial charge in [-0.3, -0.25) is 0 Å². The highest BCUT2D eigenvalue weighted by atomic mass is 79.9. The van der Waals surface area contributed by atoms with Crippen LogP contribution in [-0.4, -0.2) is 23.6 Å². The third kappa shape index (κ3) is 4.91. The van der Waals surface area contributed by atoms with Gasteiger partial charge in [0.05, 0.1) is 4.90 Å². The van der Waals surface area contributed by atoms with Gasteiger partial charge in [0, 0.05) is 10.2 Å². The lowest BCUT2D eigenvalue weighted by molar-refractivity contribution is 0.599. The number of sulfonamides is 1. The summed E-state index contributed by atoms with van der Waals surface area (Å²) in [5.74, 6) is 0.804. The Bertz CT molecular complexity index is 1040. The van der Waals surface area contributed by atoms with Gasteiger partial charge >= 0.3 is 0 Å². The maximum absolute atomic E-state index is 12.8. The third-order valence-electron chi connectivity index (χ3n) is 3.88. The number of rotatable bonds is 6. The van der Waals surface area contributed by atoms with Crippen LogP contribution in [0.3, 0.4) is 0 Å². The molecule has 1 aromatic heterocycles. The number of thioether (sulfide) groups is 1. The molecule has 0 saturated heterocycles. The first-order valence-electron chi connectivity index (χ1n) is 8.15. The Labute approximate surface area is 171 Å². The average Bonchev–Trinajstić information content (AvgIpc) is 2.99. The lowest BCUT2D eigenvalue weighted by Gasteiger charge is -2.11. The van der Waals surface area contributed by atoms with E-state index in [9.17, 15) is 8.42 Å². The molecule has 2 aromatic carbocycles. The lowest BCUT2D eigenvalue weighted by atomic mass is 10.2. The van der Waals surface area contributed by atoms with Gasteiger partial charge in [-0.1, -0.05) is 57.5 Å². The minimum Gasteiger partial charge on any atom is -0.248 e. The molecule has 0 radical (unpaired) electrons. The monoisotopic (exact) mass is 466 g/mol. The molecule has 1 heterocycles. The van der Waals surface area contributed by atoms with E-state index in [0.29, 0.717) is 22.0 Å². The summed E-state index contributed by atoms with van der Waals surface area (Å²) in [6.45, 7) is 5.56. The predicted molar refractivity (Wildman–Crippen MR) is 112 cm³/mol. The van der Waals surface area contributed by atoms with Crippen LogP contribution in [0.4, 0.5) is 5.95 Å². The van der Waals surface area contributed by atoms with Gasteiger partial charge in [0.1, 0.15) is 0 Å². The quantitative estimate of drug-likeness (QED) is 0.518. The molecule has 0 unspecified atom stereocenters. The number of aromatic nitrogens is 3. The normalized spacial score (nSPS) is 11.6. The molecule has 0 spiro atoms. The molecule has 27 heavy (non-hydrogen) atoms. The largest absolute Gasteiger partial charge is 0.264 e. The van der Waals surface area contributed by atoms with Crippen LogP contribution in [0, 0.1) is 20.8 Å². The first-order chi connectivity index (χ1) is 12.7. The van der Waals surface area contributed by atoms with Crippen molar-refractivity contribution in [2.24, 2.45) is 0 Å². The van der Waals surface area contributed by atoms with Gasteiger partial charge in [-0.15, -0.1) is 5.10 Å². The van der Waals surface area contributed by atoms with Crippen molar-refractivity contribution in [3.8, 4) is 0 Å². The van der Waals surface area contributed by atoms with Gasteiger partial charge in [-0.25, -0.2) is 18.2 Å². The van der Waals surface area contributed by atoms with Crippen LogP contribution in [0.5, 0.6) is 0 Å². The standard InChI is InChI=1S/C18H19BrN4O2S2/c1-11-4-6-14(7-5-11)10-26-18-20-17(21-22-18)23-27(24,25)16-12(2)8-15(19)9-13(16)3/h4-9H,10H2,1-3H3,(H2,20,21,22,23). The van der Waals surface area contributed by atoms with E-state index in [-0.39, 0.29) is 10.8 Å². The summed E-state index contributed by atoms with van der Waals surface area (Å²) in [5, 5.41) is 7.21. The maximum Gasteiger partial charge on any atom is 0.264 e. The molecule has 142 valence electrons. The summed E-state index contributed by atoms with van der Waals surface area (Å²) in [5.41, 5.74) is 3.67. The van der Waals surface area contributed by atoms with Crippen molar-refractivity contribution < 1.29 is 8.42 Å². The maximum atomic E-state index is 12.8. The van der Waals surface area contributed by atoms with E-state index in [1.54, 1.807) is 26.0 Å². The van der Waals surface area contributed by atoms with Gasteiger partial charge in [0.25, 0.3) is 10.0 Å². The van der Waals surface area contributed by atoms with Crippen molar-refractivity contribution >= 4 is 43.7 Å². The molecule has 0 aliphatic rings. The molecule has 3 rings (SSSR count). The second-order valence-electron chi connectivity index (χ2n) is 6.22. The average molecular weight is 467 g/mol. The fourth-order valence-corrected chi connectivity index (χ4v) is 5.54. The van der Waals surface area contributed by atoms with Crippen molar-refractivity contribution in [1.29, 1.82) is 0 Å². The Hall–Kier alpha value is -1.84. The Morgan fingerprint density at radius 1 is 1.11 bits per heavy atom. The van der Waals surface area contributed by atoms with E-state index in [0.717, 1.165) is 10.0 Å². The van der Waals surface area contributed by atoms with Crippen molar-refractivity contribution in [2.75, 3.05) is 4.72 Å². The fourth-order valence-electron chi connectivity index (χ4n) is 2.69. The molecule has 0 amide bonds. The second kappa shape index (κ2) is 8.04. The second-order valence-corrected chi connectivity index (χ2v) is 9.69. The highest BCUT2D eigenvalue weighted by Crippen LogP contribution is 2.26. The van der Waals surface area contributed by atoms with E-state index in [1.807, 2.05) is 6.92 Å². The third-order valence-corrected chi connectivity index (χ3v) is 6.90. The summed E-state index contributed by atoms with van der Waals surface area (Å²) in [6.07, 6.45) is 0. The van der Waals surface area contributed by atoms with E-state index in [1.165, 1.54) is 17.3 Å². The molecule has 0 bridgehead atoms. The highest BCUT2D eigenvalue weighted by molar-refractivity contribution is 9.10. The Morgan fingerprint density at radius 3 is 2.37 bits per heavy atom. The molecule has 0 fully saturated rings. The van der Waals surface area contributed by atoms with Gasteiger partial charge in [0.15, 0.2) is 0 Å². The number of nitrogens with zero attached hydrogens (tertiary/aromatic N) is 2. The predicted octanol–water partition coefficient (Wildman–Crippen LogP) is 4.59. The Kier molecular flexibility index (Phi) is 5.92. The molecule has 0 saturated carbocycles. The zero-order chi connectivity index (χ0) is 19.6. The number of halogens is 1. The van der Waals surface area contributed by atoms with Crippen molar-refractivity contribution in [3.05, 3.63) is 63.1 Å².